The van der Waals surface area contributed by atoms with E-state index < -0.39 is 11.5 Å². The lowest BCUT2D eigenvalue weighted by Gasteiger charge is -2.41. The van der Waals surface area contributed by atoms with Gasteiger partial charge < -0.3 is 10.0 Å². The summed E-state index contributed by atoms with van der Waals surface area (Å²) < 4.78 is 26.7. The molecule has 2 aliphatic rings. The molecule has 2 fully saturated rings. The molecule has 1 N–H and O–H groups in total. The molecule has 0 bridgehead atoms. The summed E-state index contributed by atoms with van der Waals surface area (Å²) >= 11 is 0. The molecule has 0 spiro atoms. The molecular weight excluding hydrogens is 328 g/mol. The number of hydrogen-bond acceptors (Lipinski definition) is 4. The zero-order valence-electron chi connectivity index (χ0n) is 15.0. The van der Waals surface area contributed by atoms with Crippen molar-refractivity contribution in [2.75, 3.05) is 26.2 Å². The number of hydrogen-bond donors (Lipinski definition) is 1. The largest absolute Gasteiger partial charge is 0.394 e. The van der Waals surface area contributed by atoms with Crippen molar-refractivity contribution in [2.45, 2.75) is 63.5 Å². The molecule has 2 aliphatic heterocycles. The molecule has 0 unspecified atom stereocenters. The van der Waals surface area contributed by atoms with Crippen LogP contribution >= 0.6 is 0 Å². The normalized spacial score (nSPS) is 25.5. The maximum absolute atomic E-state index is 13.4. The fourth-order valence-corrected chi connectivity index (χ4v) is 3.61. The van der Waals surface area contributed by atoms with Crippen LogP contribution in [-0.4, -0.2) is 64.6 Å². The molecular formula is C18H27F2N3O2. The second-order valence-electron chi connectivity index (χ2n) is 7.50. The molecule has 140 valence electrons. The zero-order chi connectivity index (χ0) is 18.7. The summed E-state index contributed by atoms with van der Waals surface area (Å²) in [7, 11) is 0. The lowest BCUT2D eigenvalue weighted by atomic mass is 9.94. The van der Waals surface area contributed by atoms with Crippen molar-refractivity contribution in [1.82, 2.24) is 9.80 Å². The fraction of sp³-hybridized carbons (Fsp3) is 0.778. The third kappa shape index (κ3) is 4.77. The van der Waals surface area contributed by atoms with Crippen molar-refractivity contribution in [2.24, 2.45) is 0 Å². The van der Waals surface area contributed by atoms with E-state index >= 15 is 0 Å². The zero-order valence-corrected chi connectivity index (χ0v) is 15.0. The van der Waals surface area contributed by atoms with E-state index in [1.807, 2.05) is 24.8 Å². The highest BCUT2D eigenvalue weighted by molar-refractivity contribution is 5.97. The first-order valence-electron chi connectivity index (χ1n) is 8.88. The van der Waals surface area contributed by atoms with E-state index in [4.69, 9.17) is 0 Å². The van der Waals surface area contributed by atoms with Crippen LogP contribution in [0.3, 0.4) is 0 Å². The standard InChI is InChI=1S/C18H27F2N3O2/c1-17(2,22-9-6-18(19,20)7-10-22)11-14(12-21)16(25)23-8-4-3-5-15(23)13-24/h11,15,24H,3-10,13H2,1-2H3/t15-/m0/s1. The van der Waals surface area contributed by atoms with Gasteiger partial charge >= 0.3 is 0 Å². The van der Waals surface area contributed by atoms with E-state index in [9.17, 15) is 23.9 Å². The van der Waals surface area contributed by atoms with Crippen LogP contribution in [0.2, 0.25) is 0 Å². The van der Waals surface area contributed by atoms with Gasteiger partial charge in [0.05, 0.1) is 12.6 Å². The van der Waals surface area contributed by atoms with Crippen molar-refractivity contribution in [3.8, 4) is 6.07 Å². The van der Waals surface area contributed by atoms with E-state index in [0.717, 1.165) is 19.3 Å². The molecule has 2 heterocycles. The van der Waals surface area contributed by atoms with E-state index in [2.05, 4.69) is 0 Å². The van der Waals surface area contributed by atoms with Crippen LogP contribution in [0.4, 0.5) is 8.78 Å². The molecule has 25 heavy (non-hydrogen) atoms. The Labute approximate surface area is 147 Å². The minimum absolute atomic E-state index is 0.0164. The van der Waals surface area contributed by atoms with Gasteiger partial charge in [-0.2, -0.15) is 5.26 Å². The van der Waals surface area contributed by atoms with Crippen LogP contribution in [-0.2, 0) is 4.79 Å². The quantitative estimate of drug-likeness (QED) is 0.621. The van der Waals surface area contributed by atoms with Gasteiger partial charge in [0.25, 0.3) is 11.8 Å². The van der Waals surface area contributed by atoms with Crippen LogP contribution in [0.15, 0.2) is 11.6 Å². The fourth-order valence-electron chi connectivity index (χ4n) is 3.61. The molecule has 7 heteroatoms. The second-order valence-corrected chi connectivity index (χ2v) is 7.50. The number of nitriles is 1. The molecule has 0 aliphatic carbocycles. The Morgan fingerprint density at radius 3 is 2.52 bits per heavy atom. The molecule has 2 saturated heterocycles. The van der Waals surface area contributed by atoms with Gasteiger partial charge in [0.15, 0.2) is 0 Å². The number of aliphatic hydroxyl groups is 1. The number of carbonyl (C=O) groups is 1. The first-order valence-corrected chi connectivity index (χ1v) is 8.88. The molecule has 1 amide bonds. The first kappa shape index (κ1) is 19.8. The number of aliphatic hydroxyl groups excluding tert-OH is 1. The maximum Gasteiger partial charge on any atom is 0.264 e. The van der Waals surface area contributed by atoms with Crippen LogP contribution in [0.5, 0.6) is 0 Å². The number of carbonyl (C=O) groups excluding carboxylic acids is 1. The predicted molar refractivity (Wildman–Crippen MR) is 90.0 cm³/mol. The van der Waals surface area contributed by atoms with E-state index in [1.165, 1.54) is 0 Å². The van der Waals surface area contributed by atoms with Gasteiger partial charge in [-0.1, -0.05) is 0 Å². The highest BCUT2D eigenvalue weighted by atomic mass is 19.3. The molecule has 0 aromatic rings. The lowest BCUT2D eigenvalue weighted by molar-refractivity contribution is -0.131. The minimum Gasteiger partial charge on any atom is -0.394 e. The van der Waals surface area contributed by atoms with Crippen LogP contribution in [0.1, 0.15) is 46.0 Å². The minimum atomic E-state index is -2.63. The number of alkyl halides is 2. The molecule has 2 rings (SSSR count). The molecule has 0 aromatic carbocycles. The van der Waals surface area contributed by atoms with Gasteiger partial charge in [0, 0.05) is 38.0 Å². The Balaban J connectivity index is 2.15. The Morgan fingerprint density at radius 2 is 1.96 bits per heavy atom. The van der Waals surface area contributed by atoms with Crippen LogP contribution in [0, 0.1) is 11.3 Å². The number of piperidine rings is 2. The van der Waals surface area contributed by atoms with Gasteiger partial charge in [0.1, 0.15) is 11.6 Å². The average Bonchev–Trinajstić information content (AvgIpc) is 2.58. The van der Waals surface area contributed by atoms with Gasteiger partial charge in [0.2, 0.25) is 0 Å². The molecule has 5 nitrogen and oxygen atoms in total. The van der Waals surface area contributed by atoms with Crippen molar-refractivity contribution >= 4 is 5.91 Å². The number of halogens is 2. The Hall–Kier alpha value is -1.52. The van der Waals surface area contributed by atoms with E-state index in [0.29, 0.717) is 6.54 Å². The molecule has 0 aromatic heterocycles. The summed E-state index contributed by atoms with van der Waals surface area (Å²) in [5.74, 6) is -3.01. The van der Waals surface area contributed by atoms with Gasteiger partial charge in [-0.25, -0.2) is 8.78 Å². The topological polar surface area (TPSA) is 67.6 Å². The highest BCUT2D eigenvalue weighted by Crippen LogP contribution is 2.32. The molecule has 0 radical (unpaired) electrons. The van der Waals surface area contributed by atoms with Crippen molar-refractivity contribution in [1.29, 1.82) is 5.26 Å². The van der Waals surface area contributed by atoms with Crippen molar-refractivity contribution in [3.05, 3.63) is 11.6 Å². The third-order valence-corrected chi connectivity index (χ3v) is 5.26. The van der Waals surface area contributed by atoms with Crippen LogP contribution < -0.4 is 0 Å². The van der Waals surface area contributed by atoms with E-state index in [-0.39, 0.29) is 50.1 Å². The predicted octanol–water partition coefficient (Wildman–Crippen LogP) is 2.32. The smallest absolute Gasteiger partial charge is 0.264 e. The van der Waals surface area contributed by atoms with Gasteiger partial charge in [-0.05, 0) is 39.2 Å². The third-order valence-electron chi connectivity index (χ3n) is 5.26. The molecule has 0 saturated carbocycles. The monoisotopic (exact) mass is 355 g/mol. The van der Waals surface area contributed by atoms with Gasteiger partial charge in [-0.15, -0.1) is 0 Å². The number of rotatable bonds is 4. The lowest BCUT2D eigenvalue weighted by Crippen LogP contribution is -2.50. The molecule has 1 atom stereocenters. The summed E-state index contributed by atoms with van der Waals surface area (Å²) in [6.45, 7) is 4.54. The van der Waals surface area contributed by atoms with Crippen LogP contribution in [0.25, 0.3) is 0 Å². The second kappa shape index (κ2) is 7.79. The summed E-state index contributed by atoms with van der Waals surface area (Å²) in [4.78, 5) is 16.2. The summed E-state index contributed by atoms with van der Waals surface area (Å²) in [6.07, 6.45) is 3.70. The van der Waals surface area contributed by atoms with E-state index in [1.54, 1.807) is 11.0 Å². The summed E-state index contributed by atoms with van der Waals surface area (Å²) in [5, 5.41) is 18.9. The number of nitrogens with zero attached hydrogens (tertiary/aromatic N) is 3. The Kier molecular flexibility index (Phi) is 6.17. The summed E-state index contributed by atoms with van der Waals surface area (Å²) in [5.41, 5.74) is -0.649. The highest BCUT2D eigenvalue weighted by Gasteiger charge is 2.39. The van der Waals surface area contributed by atoms with Gasteiger partial charge in [-0.3, -0.25) is 9.69 Å². The number of likely N-dealkylation sites (tertiary alicyclic amines) is 2. The Morgan fingerprint density at radius 1 is 1.32 bits per heavy atom. The SMILES string of the molecule is CC(C)(C=C(C#N)C(=O)N1CCCC[C@H]1CO)N1CCC(F)(F)CC1. The first-order chi connectivity index (χ1) is 11.7. The summed E-state index contributed by atoms with van der Waals surface area (Å²) in [6, 6.07) is 1.71. The average molecular weight is 355 g/mol. The van der Waals surface area contributed by atoms with Crippen molar-refractivity contribution < 1.29 is 18.7 Å². The number of amides is 1. The maximum atomic E-state index is 13.4. The Bertz CT molecular complexity index is 559. The van der Waals surface area contributed by atoms with Crippen molar-refractivity contribution in [3.63, 3.8) is 0 Å².